The number of quaternary nitrogens is 1. The predicted octanol–water partition coefficient (Wildman–Crippen LogP) is 0.197. The Labute approximate surface area is 120 Å². The third-order valence-electron chi connectivity index (χ3n) is 4.25. The molecular formula is C15H26N3O2+. The third-order valence-corrected chi connectivity index (χ3v) is 4.25. The van der Waals surface area contributed by atoms with Crippen molar-refractivity contribution >= 4 is 11.4 Å². The maximum Gasteiger partial charge on any atom is 0.120 e. The number of hydrogen-bond donors (Lipinski definition) is 3. The Morgan fingerprint density at radius 1 is 1.45 bits per heavy atom. The Hall–Kier alpha value is -1.30. The molecule has 0 radical (unpaired) electrons. The lowest BCUT2D eigenvalue weighted by Crippen LogP contribution is -2.50. The van der Waals surface area contributed by atoms with Gasteiger partial charge in [-0.25, -0.2) is 0 Å². The maximum atomic E-state index is 10.2. The summed E-state index contributed by atoms with van der Waals surface area (Å²) in [6.45, 7) is 5.94. The third kappa shape index (κ3) is 3.42. The number of aryl methyl sites for hydroxylation is 1. The van der Waals surface area contributed by atoms with Crippen LogP contribution in [0.1, 0.15) is 5.56 Å². The molecule has 1 saturated heterocycles. The molecule has 1 fully saturated rings. The highest BCUT2D eigenvalue weighted by atomic mass is 16.3. The van der Waals surface area contributed by atoms with Crippen LogP contribution in [0.15, 0.2) is 18.2 Å². The second-order valence-electron chi connectivity index (χ2n) is 6.11. The fourth-order valence-corrected chi connectivity index (χ4v) is 2.90. The van der Waals surface area contributed by atoms with Gasteiger partial charge in [0.25, 0.3) is 0 Å². The minimum atomic E-state index is -0.382. The summed E-state index contributed by atoms with van der Waals surface area (Å²) in [7, 11) is 2.09. The van der Waals surface area contributed by atoms with Crippen LogP contribution in [0, 0.1) is 6.92 Å². The molecule has 0 spiro atoms. The van der Waals surface area contributed by atoms with Crippen molar-refractivity contribution in [2.75, 3.05) is 57.0 Å². The number of rotatable bonds is 3. The van der Waals surface area contributed by atoms with E-state index in [0.29, 0.717) is 24.1 Å². The summed E-state index contributed by atoms with van der Waals surface area (Å²) in [5, 5.41) is 19.4. The van der Waals surface area contributed by atoms with Crippen LogP contribution in [0.5, 0.6) is 0 Å². The lowest BCUT2D eigenvalue weighted by atomic mass is 10.1. The van der Waals surface area contributed by atoms with Gasteiger partial charge in [-0.1, -0.05) is 0 Å². The van der Waals surface area contributed by atoms with Crippen LogP contribution in [-0.4, -0.2) is 67.2 Å². The van der Waals surface area contributed by atoms with Crippen molar-refractivity contribution in [3.8, 4) is 0 Å². The van der Waals surface area contributed by atoms with Gasteiger partial charge in [-0.3, -0.25) is 0 Å². The maximum absolute atomic E-state index is 10.2. The van der Waals surface area contributed by atoms with E-state index in [4.69, 9.17) is 5.73 Å². The number of anilines is 2. The molecule has 1 heterocycles. The Morgan fingerprint density at radius 2 is 2.20 bits per heavy atom. The van der Waals surface area contributed by atoms with Gasteiger partial charge < -0.3 is 25.3 Å². The van der Waals surface area contributed by atoms with Crippen LogP contribution in [0.4, 0.5) is 11.4 Å². The Kier molecular flexibility index (Phi) is 4.52. The van der Waals surface area contributed by atoms with Gasteiger partial charge in [0.05, 0.1) is 26.7 Å². The molecule has 5 heteroatoms. The fraction of sp³-hybridized carbons (Fsp3) is 0.600. The SMILES string of the molecule is Cc1cc(N2CC[N+](C)(CCO)CC(O)C2)ccc1N. The molecule has 0 saturated carbocycles. The Morgan fingerprint density at radius 3 is 2.85 bits per heavy atom. The van der Waals surface area contributed by atoms with Gasteiger partial charge in [-0.05, 0) is 30.7 Å². The molecule has 5 nitrogen and oxygen atoms in total. The molecule has 0 amide bonds. The summed E-state index contributed by atoms with van der Waals surface area (Å²) in [5.41, 5.74) is 8.83. The van der Waals surface area contributed by atoms with Crippen LogP contribution < -0.4 is 10.6 Å². The average Bonchev–Trinajstić information content (AvgIpc) is 2.52. The largest absolute Gasteiger partial charge is 0.399 e. The highest BCUT2D eigenvalue weighted by Gasteiger charge is 2.31. The standard InChI is InChI=1S/C15H26N3O2/c1-12-9-13(3-4-15(12)16)17-5-6-18(2,7-8-19)11-14(20)10-17/h3-4,9,14,19-20H,5-8,10-11,16H2,1-2H3/q+1. The smallest absolute Gasteiger partial charge is 0.120 e. The molecule has 0 bridgehead atoms. The van der Waals surface area contributed by atoms with Gasteiger partial charge in [-0.2, -0.15) is 0 Å². The second-order valence-corrected chi connectivity index (χ2v) is 6.11. The monoisotopic (exact) mass is 280 g/mol. The number of benzene rings is 1. The summed E-state index contributed by atoms with van der Waals surface area (Å²) in [5.74, 6) is 0. The average molecular weight is 280 g/mol. The number of aliphatic hydroxyl groups excluding tert-OH is 2. The van der Waals surface area contributed by atoms with Crippen molar-refractivity contribution in [1.29, 1.82) is 0 Å². The van der Waals surface area contributed by atoms with Crippen molar-refractivity contribution in [2.24, 2.45) is 0 Å². The number of nitrogens with zero attached hydrogens (tertiary/aromatic N) is 2. The number of nitrogens with two attached hydrogens (primary N) is 1. The molecule has 20 heavy (non-hydrogen) atoms. The summed E-state index contributed by atoms with van der Waals surface area (Å²) in [6, 6.07) is 6.00. The van der Waals surface area contributed by atoms with E-state index < -0.39 is 0 Å². The number of nitrogen functional groups attached to an aromatic ring is 1. The topological polar surface area (TPSA) is 69.7 Å². The number of β-amino-alcohol motifs (C(OH)–C–C–N with tert-alkyl or cyclic N) is 1. The van der Waals surface area contributed by atoms with Crippen LogP contribution in [0.3, 0.4) is 0 Å². The molecule has 1 aliphatic rings. The van der Waals surface area contributed by atoms with Gasteiger partial charge >= 0.3 is 0 Å². The molecule has 0 aromatic heterocycles. The lowest BCUT2D eigenvalue weighted by molar-refractivity contribution is -0.910. The number of aliphatic hydroxyl groups is 2. The van der Waals surface area contributed by atoms with Gasteiger partial charge in [0.2, 0.25) is 0 Å². The highest BCUT2D eigenvalue weighted by molar-refractivity contribution is 5.58. The molecule has 2 rings (SSSR count). The van der Waals surface area contributed by atoms with Gasteiger partial charge in [0, 0.05) is 17.9 Å². The first kappa shape index (κ1) is 15.1. The Balaban J connectivity index is 2.15. The second kappa shape index (κ2) is 5.99. The van der Waals surface area contributed by atoms with Crippen molar-refractivity contribution in [3.05, 3.63) is 23.8 Å². The van der Waals surface area contributed by atoms with Gasteiger partial charge in [0.15, 0.2) is 0 Å². The molecule has 1 aliphatic heterocycles. The van der Waals surface area contributed by atoms with E-state index >= 15 is 0 Å². The first-order chi connectivity index (χ1) is 9.43. The normalized spacial score (nSPS) is 27.4. The summed E-state index contributed by atoms with van der Waals surface area (Å²) in [6.07, 6.45) is -0.382. The predicted molar refractivity (Wildman–Crippen MR) is 81.7 cm³/mol. The minimum Gasteiger partial charge on any atom is -0.399 e. The van der Waals surface area contributed by atoms with Crippen molar-refractivity contribution in [2.45, 2.75) is 13.0 Å². The van der Waals surface area contributed by atoms with Crippen molar-refractivity contribution in [3.63, 3.8) is 0 Å². The number of likely N-dealkylation sites (N-methyl/N-ethyl adjacent to an activating group) is 1. The molecule has 1 aromatic carbocycles. The first-order valence-corrected chi connectivity index (χ1v) is 7.17. The highest BCUT2D eigenvalue weighted by Crippen LogP contribution is 2.23. The molecule has 0 aliphatic carbocycles. The van der Waals surface area contributed by atoms with Crippen LogP contribution in [-0.2, 0) is 0 Å². The lowest BCUT2D eigenvalue weighted by Gasteiger charge is -2.33. The zero-order valence-corrected chi connectivity index (χ0v) is 12.4. The quantitative estimate of drug-likeness (QED) is 0.546. The zero-order chi connectivity index (χ0) is 14.8. The zero-order valence-electron chi connectivity index (χ0n) is 12.4. The van der Waals surface area contributed by atoms with Gasteiger partial charge in [0.1, 0.15) is 19.2 Å². The summed E-state index contributed by atoms with van der Waals surface area (Å²) < 4.78 is 0.710. The van der Waals surface area contributed by atoms with Crippen LogP contribution >= 0.6 is 0 Å². The molecule has 2 unspecified atom stereocenters. The molecule has 2 atom stereocenters. The van der Waals surface area contributed by atoms with Crippen LogP contribution in [0.2, 0.25) is 0 Å². The summed E-state index contributed by atoms with van der Waals surface area (Å²) >= 11 is 0. The van der Waals surface area contributed by atoms with Crippen molar-refractivity contribution < 1.29 is 14.7 Å². The van der Waals surface area contributed by atoms with Crippen LogP contribution in [0.25, 0.3) is 0 Å². The summed E-state index contributed by atoms with van der Waals surface area (Å²) in [4.78, 5) is 2.21. The van der Waals surface area contributed by atoms with Gasteiger partial charge in [-0.15, -0.1) is 0 Å². The number of hydrogen-bond acceptors (Lipinski definition) is 4. The Bertz CT molecular complexity index is 466. The van der Waals surface area contributed by atoms with E-state index in [2.05, 4.69) is 18.0 Å². The molecule has 4 N–H and O–H groups in total. The van der Waals surface area contributed by atoms with E-state index in [-0.39, 0.29) is 12.7 Å². The molecule has 1 aromatic rings. The molecule has 112 valence electrons. The first-order valence-electron chi connectivity index (χ1n) is 7.17. The fourth-order valence-electron chi connectivity index (χ4n) is 2.90. The van der Waals surface area contributed by atoms with E-state index in [0.717, 1.165) is 30.0 Å². The minimum absolute atomic E-state index is 0.157. The van der Waals surface area contributed by atoms with E-state index in [1.807, 2.05) is 19.1 Å². The van der Waals surface area contributed by atoms with E-state index in [1.165, 1.54) is 0 Å². The van der Waals surface area contributed by atoms with Crippen molar-refractivity contribution in [1.82, 2.24) is 0 Å². The van der Waals surface area contributed by atoms with E-state index in [1.54, 1.807) is 0 Å². The van der Waals surface area contributed by atoms with E-state index in [9.17, 15) is 10.2 Å². The molecular weight excluding hydrogens is 254 g/mol.